The molecule has 0 bridgehead atoms. The third-order valence-corrected chi connectivity index (χ3v) is 2.65. The largest absolute Gasteiger partial charge is 0.304 e. The van der Waals surface area contributed by atoms with Crippen molar-refractivity contribution in [2.75, 3.05) is 0 Å². The Bertz CT molecular complexity index is 675. The van der Waals surface area contributed by atoms with E-state index in [4.69, 9.17) is 0 Å². The van der Waals surface area contributed by atoms with Gasteiger partial charge in [-0.25, -0.2) is 0 Å². The minimum absolute atomic E-state index is 0.745. The molecule has 0 spiro atoms. The lowest BCUT2D eigenvalue weighted by atomic mass is 10.3. The first-order chi connectivity index (χ1) is 7.81. The lowest BCUT2D eigenvalue weighted by molar-refractivity contribution is 0.864. The lowest BCUT2D eigenvalue weighted by Gasteiger charge is -1.98. The van der Waals surface area contributed by atoms with E-state index in [-0.39, 0.29) is 0 Å². The average molecular weight is 212 g/mol. The third-order valence-electron chi connectivity index (χ3n) is 2.65. The second kappa shape index (κ2) is 3.20. The molecular formula is C12H12N4. The Balaban J connectivity index is 2.50. The van der Waals surface area contributed by atoms with Gasteiger partial charge in [0, 0.05) is 6.54 Å². The van der Waals surface area contributed by atoms with Crippen molar-refractivity contribution < 1.29 is 0 Å². The fraction of sp³-hybridized carbons (Fsp3) is 0.167. The van der Waals surface area contributed by atoms with Crippen molar-refractivity contribution in [1.29, 1.82) is 0 Å². The molecule has 0 saturated carbocycles. The van der Waals surface area contributed by atoms with E-state index >= 15 is 0 Å². The molecule has 2 heterocycles. The highest BCUT2D eigenvalue weighted by molar-refractivity contribution is 5.80. The number of rotatable bonds is 2. The summed E-state index contributed by atoms with van der Waals surface area (Å²) in [6.07, 6.45) is 1.87. The van der Waals surface area contributed by atoms with Crippen LogP contribution in [0, 0.1) is 6.92 Å². The number of aromatic nitrogens is 4. The molecule has 0 aliphatic heterocycles. The van der Waals surface area contributed by atoms with Crippen LogP contribution in [0.25, 0.3) is 16.8 Å². The molecule has 2 aromatic heterocycles. The van der Waals surface area contributed by atoms with Gasteiger partial charge in [0.1, 0.15) is 5.82 Å². The van der Waals surface area contributed by atoms with E-state index < -0.39 is 0 Å². The molecular weight excluding hydrogens is 200 g/mol. The summed E-state index contributed by atoms with van der Waals surface area (Å²) in [6, 6.07) is 8.16. The topological polar surface area (TPSA) is 35.1 Å². The molecule has 16 heavy (non-hydrogen) atoms. The normalized spacial score (nSPS) is 11.3. The Labute approximate surface area is 92.8 Å². The minimum atomic E-state index is 0.745. The summed E-state index contributed by atoms with van der Waals surface area (Å²) in [5.41, 5.74) is 2.22. The standard InChI is InChI=1S/C12H12N4/c1-3-8-15-10-6-4-5-7-11(10)16-12(15)13-9(2)14-16/h3-7H,1,8H2,2H3. The van der Waals surface area contributed by atoms with Crippen LogP contribution in [0.1, 0.15) is 5.82 Å². The number of benzene rings is 1. The van der Waals surface area contributed by atoms with Gasteiger partial charge in [0.2, 0.25) is 5.78 Å². The van der Waals surface area contributed by atoms with Gasteiger partial charge in [-0.05, 0) is 19.1 Å². The van der Waals surface area contributed by atoms with Crippen LogP contribution in [0.2, 0.25) is 0 Å². The molecule has 80 valence electrons. The van der Waals surface area contributed by atoms with Gasteiger partial charge >= 0.3 is 0 Å². The molecule has 0 fully saturated rings. The van der Waals surface area contributed by atoms with Crippen LogP contribution in [-0.4, -0.2) is 19.2 Å². The fourth-order valence-corrected chi connectivity index (χ4v) is 2.03. The average Bonchev–Trinajstić information content (AvgIpc) is 2.78. The molecule has 4 heteroatoms. The molecule has 0 radical (unpaired) electrons. The molecule has 0 amide bonds. The van der Waals surface area contributed by atoms with Crippen LogP contribution in [0.3, 0.4) is 0 Å². The number of aryl methyl sites for hydroxylation is 1. The lowest BCUT2D eigenvalue weighted by Crippen LogP contribution is -1.95. The van der Waals surface area contributed by atoms with Gasteiger partial charge in [0.25, 0.3) is 0 Å². The van der Waals surface area contributed by atoms with Crippen LogP contribution < -0.4 is 0 Å². The van der Waals surface area contributed by atoms with Crippen molar-refractivity contribution >= 4 is 16.8 Å². The SMILES string of the molecule is C=CCn1c2ccccc2n2nc(C)nc12. The van der Waals surface area contributed by atoms with E-state index in [0.29, 0.717) is 0 Å². The quantitative estimate of drug-likeness (QED) is 0.610. The van der Waals surface area contributed by atoms with Crippen molar-refractivity contribution in [3.8, 4) is 0 Å². The van der Waals surface area contributed by atoms with E-state index in [1.54, 1.807) is 0 Å². The van der Waals surface area contributed by atoms with E-state index in [9.17, 15) is 0 Å². The Hall–Kier alpha value is -2.10. The van der Waals surface area contributed by atoms with Gasteiger partial charge in [-0.2, -0.15) is 9.50 Å². The van der Waals surface area contributed by atoms with Crippen LogP contribution in [0.4, 0.5) is 0 Å². The summed E-state index contributed by atoms with van der Waals surface area (Å²) in [5, 5.41) is 4.39. The van der Waals surface area contributed by atoms with Crippen molar-refractivity contribution in [1.82, 2.24) is 19.2 Å². The Morgan fingerprint density at radius 2 is 2.06 bits per heavy atom. The summed E-state index contributed by atoms with van der Waals surface area (Å²) < 4.78 is 4.00. The molecule has 0 aliphatic carbocycles. The Kier molecular flexibility index (Phi) is 1.83. The zero-order chi connectivity index (χ0) is 11.1. The molecule has 3 rings (SSSR count). The smallest absolute Gasteiger partial charge is 0.233 e. The fourth-order valence-electron chi connectivity index (χ4n) is 2.03. The maximum atomic E-state index is 4.44. The highest BCUT2D eigenvalue weighted by atomic mass is 15.4. The summed E-state index contributed by atoms with van der Waals surface area (Å²) in [7, 11) is 0. The van der Waals surface area contributed by atoms with Gasteiger partial charge in [-0.3, -0.25) is 0 Å². The van der Waals surface area contributed by atoms with Gasteiger partial charge in [0.05, 0.1) is 11.0 Å². The highest BCUT2D eigenvalue weighted by Gasteiger charge is 2.11. The van der Waals surface area contributed by atoms with Gasteiger partial charge in [0.15, 0.2) is 0 Å². The Morgan fingerprint density at radius 1 is 1.31 bits per heavy atom. The van der Waals surface area contributed by atoms with Crippen molar-refractivity contribution in [3.63, 3.8) is 0 Å². The van der Waals surface area contributed by atoms with Crippen molar-refractivity contribution in [2.24, 2.45) is 0 Å². The van der Waals surface area contributed by atoms with Crippen molar-refractivity contribution in [3.05, 3.63) is 42.7 Å². The van der Waals surface area contributed by atoms with Crippen LogP contribution in [0.5, 0.6) is 0 Å². The molecule has 0 N–H and O–H groups in total. The first-order valence-electron chi connectivity index (χ1n) is 5.23. The number of allylic oxidation sites excluding steroid dienone is 1. The Morgan fingerprint density at radius 3 is 2.81 bits per heavy atom. The number of imidazole rings is 1. The first kappa shape index (κ1) is 9.15. The number of fused-ring (bicyclic) bond motifs is 3. The molecule has 0 aliphatic rings. The second-order valence-corrected chi connectivity index (χ2v) is 3.76. The van der Waals surface area contributed by atoms with Crippen molar-refractivity contribution in [2.45, 2.75) is 13.5 Å². The molecule has 0 unspecified atom stereocenters. The third kappa shape index (κ3) is 1.10. The number of nitrogens with zero attached hydrogens (tertiary/aromatic N) is 4. The van der Waals surface area contributed by atoms with E-state index in [1.165, 1.54) is 0 Å². The minimum Gasteiger partial charge on any atom is -0.304 e. The van der Waals surface area contributed by atoms with E-state index in [2.05, 4.69) is 33.4 Å². The summed E-state index contributed by atoms with van der Waals surface area (Å²) in [5.74, 6) is 1.66. The van der Waals surface area contributed by atoms with Gasteiger partial charge < -0.3 is 4.57 Å². The van der Waals surface area contributed by atoms with Crippen LogP contribution >= 0.6 is 0 Å². The molecule has 0 saturated heterocycles. The molecule has 0 atom stereocenters. The summed E-state index contributed by atoms with van der Waals surface area (Å²) in [6.45, 7) is 6.43. The first-order valence-corrected chi connectivity index (χ1v) is 5.23. The molecule has 1 aromatic carbocycles. The number of hydrogen-bond donors (Lipinski definition) is 0. The van der Waals surface area contributed by atoms with Crippen LogP contribution in [-0.2, 0) is 6.54 Å². The van der Waals surface area contributed by atoms with Gasteiger partial charge in [-0.15, -0.1) is 11.7 Å². The van der Waals surface area contributed by atoms with E-state index in [0.717, 1.165) is 29.2 Å². The maximum Gasteiger partial charge on any atom is 0.233 e. The monoisotopic (exact) mass is 212 g/mol. The maximum absolute atomic E-state index is 4.44. The van der Waals surface area contributed by atoms with Crippen LogP contribution in [0.15, 0.2) is 36.9 Å². The molecule has 3 aromatic rings. The predicted octanol–water partition coefficient (Wildman–Crippen LogP) is 2.18. The number of para-hydroxylation sites is 2. The zero-order valence-corrected chi connectivity index (χ0v) is 9.09. The highest BCUT2D eigenvalue weighted by Crippen LogP contribution is 2.19. The summed E-state index contributed by atoms with van der Waals surface area (Å²) in [4.78, 5) is 4.44. The van der Waals surface area contributed by atoms with E-state index in [1.807, 2.05) is 29.6 Å². The number of hydrogen-bond acceptors (Lipinski definition) is 2. The zero-order valence-electron chi connectivity index (χ0n) is 9.09. The predicted molar refractivity (Wildman–Crippen MR) is 63.4 cm³/mol. The molecule has 4 nitrogen and oxygen atoms in total. The second-order valence-electron chi connectivity index (χ2n) is 3.76. The van der Waals surface area contributed by atoms with Gasteiger partial charge in [-0.1, -0.05) is 18.2 Å². The summed E-state index contributed by atoms with van der Waals surface area (Å²) >= 11 is 0.